The van der Waals surface area contributed by atoms with Crippen molar-refractivity contribution >= 4 is 21.8 Å². The molecule has 5 nitrogen and oxygen atoms in total. The Morgan fingerprint density at radius 3 is 2.95 bits per heavy atom. The van der Waals surface area contributed by atoms with E-state index in [-0.39, 0.29) is 12.0 Å². The summed E-state index contributed by atoms with van der Waals surface area (Å²) in [6.07, 6.45) is 2.21. The van der Waals surface area contributed by atoms with Gasteiger partial charge in [0.1, 0.15) is 13.2 Å². The van der Waals surface area contributed by atoms with Crippen molar-refractivity contribution in [3.05, 3.63) is 22.2 Å². The van der Waals surface area contributed by atoms with E-state index >= 15 is 0 Å². The zero-order chi connectivity index (χ0) is 13.9. The molecule has 3 rings (SSSR count). The van der Waals surface area contributed by atoms with Crippen molar-refractivity contribution in [3.63, 3.8) is 0 Å². The molecule has 1 aromatic carbocycles. The lowest BCUT2D eigenvalue weighted by Gasteiger charge is -2.20. The maximum atomic E-state index is 12.2. The minimum Gasteiger partial charge on any atom is -0.486 e. The van der Waals surface area contributed by atoms with Gasteiger partial charge in [-0.3, -0.25) is 4.79 Å². The van der Waals surface area contributed by atoms with E-state index in [1.54, 1.807) is 12.1 Å². The number of ether oxygens (including phenoxy) is 3. The first-order chi connectivity index (χ1) is 9.74. The van der Waals surface area contributed by atoms with E-state index in [1.807, 2.05) is 0 Å². The number of carbonyl (C=O) groups is 1. The first-order valence-corrected chi connectivity index (χ1v) is 7.52. The van der Waals surface area contributed by atoms with Crippen molar-refractivity contribution < 1.29 is 19.0 Å². The van der Waals surface area contributed by atoms with Crippen LogP contribution in [0.15, 0.2) is 16.6 Å². The molecular formula is C14H16BrNO4. The van der Waals surface area contributed by atoms with Gasteiger partial charge in [-0.05, 0) is 40.9 Å². The van der Waals surface area contributed by atoms with Crippen molar-refractivity contribution in [2.45, 2.75) is 18.9 Å². The van der Waals surface area contributed by atoms with Gasteiger partial charge in [0.05, 0.1) is 10.6 Å². The third-order valence-electron chi connectivity index (χ3n) is 3.37. The van der Waals surface area contributed by atoms with Crippen LogP contribution in [0.25, 0.3) is 0 Å². The van der Waals surface area contributed by atoms with Crippen LogP contribution in [0.5, 0.6) is 11.5 Å². The average molecular weight is 342 g/mol. The molecule has 1 atom stereocenters. The first-order valence-electron chi connectivity index (χ1n) is 6.73. The summed E-state index contributed by atoms with van der Waals surface area (Å²) in [5, 5.41) is 2.89. The van der Waals surface area contributed by atoms with E-state index in [0.29, 0.717) is 36.8 Å². The highest BCUT2D eigenvalue weighted by Crippen LogP contribution is 2.38. The number of carbonyl (C=O) groups excluding carboxylic acids is 1. The van der Waals surface area contributed by atoms with Gasteiger partial charge in [0.15, 0.2) is 11.5 Å². The van der Waals surface area contributed by atoms with Crippen molar-refractivity contribution in [1.82, 2.24) is 5.32 Å². The predicted octanol–water partition coefficient (Wildman–Crippen LogP) is 2.13. The second kappa shape index (κ2) is 6.01. The minimum absolute atomic E-state index is 0.127. The van der Waals surface area contributed by atoms with E-state index < -0.39 is 0 Å². The molecule has 2 aliphatic rings. The lowest BCUT2D eigenvalue weighted by molar-refractivity contribution is 0.0857. The van der Waals surface area contributed by atoms with Gasteiger partial charge in [0.25, 0.3) is 5.91 Å². The zero-order valence-electron chi connectivity index (χ0n) is 11.0. The molecule has 6 heteroatoms. The molecule has 0 spiro atoms. The van der Waals surface area contributed by atoms with Gasteiger partial charge in [-0.1, -0.05) is 0 Å². The molecule has 0 aliphatic carbocycles. The maximum Gasteiger partial charge on any atom is 0.251 e. The number of rotatable bonds is 3. The quantitative estimate of drug-likeness (QED) is 0.914. The lowest BCUT2D eigenvalue weighted by Crippen LogP contribution is -2.31. The fraction of sp³-hybridized carbons (Fsp3) is 0.500. The molecule has 1 aromatic rings. The Morgan fingerprint density at radius 1 is 1.30 bits per heavy atom. The number of fused-ring (bicyclic) bond motifs is 1. The average Bonchev–Trinajstić information content (AvgIpc) is 2.98. The van der Waals surface area contributed by atoms with Crippen molar-refractivity contribution in [3.8, 4) is 11.5 Å². The minimum atomic E-state index is -0.127. The van der Waals surface area contributed by atoms with Crippen LogP contribution < -0.4 is 14.8 Å². The van der Waals surface area contributed by atoms with Gasteiger partial charge in [-0.2, -0.15) is 0 Å². The van der Waals surface area contributed by atoms with Gasteiger partial charge in [-0.25, -0.2) is 0 Å². The lowest BCUT2D eigenvalue weighted by atomic mass is 10.1. The summed E-state index contributed by atoms with van der Waals surface area (Å²) in [5.41, 5.74) is 0.555. The third-order valence-corrected chi connectivity index (χ3v) is 3.96. The standard InChI is InChI=1S/C14H16BrNO4/c15-11-6-9(7-12-13(11)20-5-4-19-12)14(17)16-8-10-2-1-3-18-10/h6-7,10H,1-5,8H2,(H,16,17). The topological polar surface area (TPSA) is 56.8 Å². The highest BCUT2D eigenvalue weighted by molar-refractivity contribution is 9.10. The highest BCUT2D eigenvalue weighted by atomic mass is 79.9. The molecule has 1 saturated heterocycles. The summed E-state index contributed by atoms with van der Waals surface area (Å²) in [6, 6.07) is 3.46. The number of hydrogen-bond donors (Lipinski definition) is 1. The molecule has 1 fully saturated rings. The summed E-state index contributed by atoms with van der Waals surface area (Å²) >= 11 is 3.41. The SMILES string of the molecule is O=C(NCC1CCCO1)c1cc(Br)c2c(c1)OCCO2. The van der Waals surface area contributed by atoms with E-state index in [1.165, 1.54) is 0 Å². The van der Waals surface area contributed by atoms with Crippen molar-refractivity contribution in [2.75, 3.05) is 26.4 Å². The van der Waals surface area contributed by atoms with E-state index in [9.17, 15) is 4.79 Å². The number of benzene rings is 1. The first kappa shape index (κ1) is 13.7. The van der Waals surface area contributed by atoms with Crippen LogP contribution in [-0.2, 0) is 4.74 Å². The van der Waals surface area contributed by atoms with E-state index in [0.717, 1.165) is 23.9 Å². The van der Waals surface area contributed by atoms with E-state index in [2.05, 4.69) is 21.2 Å². The summed E-state index contributed by atoms with van der Waals surface area (Å²) in [7, 11) is 0. The Hall–Kier alpha value is -1.27. The van der Waals surface area contributed by atoms with Crippen LogP contribution in [0.1, 0.15) is 23.2 Å². The number of amides is 1. The van der Waals surface area contributed by atoms with Crippen LogP contribution in [0.2, 0.25) is 0 Å². The molecule has 1 N–H and O–H groups in total. The number of halogens is 1. The molecule has 2 aliphatic heterocycles. The van der Waals surface area contributed by atoms with Gasteiger partial charge in [-0.15, -0.1) is 0 Å². The largest absolute Gasteiger partial charge is 0.486 e. The van der Waals surface area contributed by atoms with Crippen LogP contribution in [0.3, 0.4) is 0 Å². The highest BCUT2D eigenvalue weighted by Gasteiger charge is 2.20. The van der Waals surface area contributed by atoms with Gasteiger partial charge in [0.2, 0.25) is 0 Å². The fourth-order valence-corrected chi connectivity index (χ4v) is 2.91. The monoisotopic (exact) mass is 341 g/mol. The molecule has 20 heavy (non-hydrogen) atoms. The summed E-state index contributed by atoms with van der Waals surface area (Å²) in [4.78, 5) is 12.2. The van der Waals surface area contributed by atoms with E-state index in [4.69, 9.17) is 14.2 Å². The van der Waals surface area contributed by atoms with Gasteiger partial charge < -0.3 is 19.5 Å². The Balaban J connectivity index is 1.69. The van der Waals surface area contributed by atoms with Crippen LogP contribution in [-0.4, -0.2) is 38.4 Å². The Bertz CT molecular complexity index is 514. The maximum absolute atomic E-state index is 12.2. The molecular weight excluding hydrogens is 326 g/mol. The number of nitrogens with one attached hydrogen (secondary N) is 1. The molecule has 0 bridgehead atoms. The Kier molecular flexibility index (Phi) is 4.12. The van der Waals surface area contributed by atoms with Crippen molar-refractivity contribution in [1.29, 1.82) is 0 Å². The molecule has 0 aromatic heterocycles. The second-order valence-corrected chi connectivity index (χ2v) is 5.68. The number of hydrogen-bond acceptors (Lipinski definition) is 4. The van der Waals surface area contributed by atoms with Crippen LogP contribution in [0.4, 0.5) is 0 Å². The fourth-order valence-electron chi connectivity index (χ4n) is 2.36. The summed E-state index contributed by atoms with van der Waals surface area (Å²) in [6.45, 7) is 2.36. The normalized spacial score (nSPS) is 20.8. The van der Waals surface area contributed by atoms with Crippen LogP contribution >= 0.6 is 15.9 Å². The summed E-state index contributed by atoms with van der Waals surface area (Å²) < 4.78 is 17.2. The van der Waals surface area contributed by atoms with Gasteiger partial charge in [0, 0.05) is 18.7 Å². The molecule has 0 radical (unpaired) electrons. The third kappa shape index (κ3) is 2.91. The smallest absolute Gasteiger partial charge is 0.251 e. The van der Waals surface area contributed by atoms with Crippen LogP contribution in [0, 0.1) is 0 Å². The zero-order valence-corrected chi connectivity index (χ0v) is 12.6. The Labute approximate surface area is 125 Å². The molecule has 0 saturated carbocycles. The Morgan fingerprint density at radius 2 is 2.15 bits per heavy atom. The van der Waals surface area contributed by atoms with Gasteiger partial charge >= 0.3 is 0 Å². The predicted molar refractivity (Wildman–Crippen MR) is 76.4 cm³/mol. The molecule has 108 valence electrons. The summed E-state index contributed by atoms with van der Waals surface area (Å²) in [5.74, 6) is 1.14. The molecule has 2 heterocycles. The molecule has 1 amide bonds. The molecule has 1 unspecified atom stereocenters. The second-order valence-electron chi connectivity index (χ2n) is 4.83. The van der Waals surface area contributed by atoms with Crippen molar-refractivity contribution in [2.24, 2.45) is 0 Å².